The maximum atomic E-state index is 11.2. The fourth-order valence-electron chi connectivity index (χ4n) is 2.05. The lowest BCUT2D eigenvalue weighted by molar-refractivity contribution is 0.474. The Hall–Kier alpha value is -2.49. The van der Waals surface area contributed by atoms with E-state index in [4.69, 9.17) is 0 Å². The first kappa shape index (κ1) is 10.7. The molecule has 4 heteroatoms. The van der Waals surface area contributed by atoms with Gasteiger partial charge >= 0.3 is 0 Å². The fourth-order valence-corrected chi connectivity index (χ4v) is 2.05. The van der Waals surface area contributed by atoms with Gasteiger partial charge in [0.1, 0.15) is 11.4 Å². The van der Waals surface area contributed by atoms with Crippen LogP contribution in [0.2, 0.25) is 0 Å². The van der Waals surface area contributed by atoms with Crippen molar-refractivity contribution >= 4 is 5.65 Å². The molecule has 0 atom stereocenters. The molecule has 0 fully saturated rings. The van der Waals surface area contributed by atoms with Crippen molar-refractivity contribution in [2.24, 2.45) is 0 Å². The van der Waals surface area contributed by atoms with Crippen molar-refractivity contribution in [2.75, 3.05) is 0 Å². The number of H-pyrrole nitrogens is 1. The molecule has 3 rings (SSSR count). The summed E-state index contributed by atoms with van der Waals surface area (Å²) in [5, 5.41) is 9.41. The van der Waals surface area contributed by atoms with Gasteiger partial charge in [-0.15, -0.1) is 0 Å². The molecule has 4 nitrogen and oxygen atoms in total. The van der Waals surface area contributed by atoms with Gasteiger partial charge in [0, 0.05) is 36.6 Å². The van der Waals surface area contributed by atoms with Gasteiger partial charge in [0.15, 0.2) is 5.43 Å². The Balaban J connectivity index is 1.98. The summed E-state index contributed by atoms with van der Waals surface area (Å²) >= 11 is 0. The number of nitrogens with one attached hydrogen (secondary N) is 1. The minimum Gasteiger partial charge on any atom is -0.508 e. The van der Waals surface area contributed by atoms with E-state index in [1.807, 2.05) is 22.7 Å². The van der Waals surface area contributed by atoms with Crippen LogP contribution in [0.1, 0.15) is 11.3 Å². The van der Waals surface area contributed by atoms with Crippen LogP contribution in [0.25, 0.3) is 5.65 Å². The highest BCUT2D eigenvalue weighted by molar-refractivity contribution is 5.40. The van der Waals surface area contributed by atoms with Crippen LogP contribution in [0.4, 0.5) is 0 Å². The summed E-state index contributed by atoms with van der Waals surface area (Å²) in [4.78, 5) is 14.4. The van der Waals surface area contributed by atoms with Crippen LogP contribution >= 0.6 is 0 Å². The molecular formula is C14H12N2O2. The van der Waals surface area contributed by atoms with E-state index in [0.717, 1.165) is 16.9 Å². The monoisotopic (exact) mass is 240 g/mol. The molecule has 90 valence electrons. The highest BCUT2D eigenvalue weighted by atomic mass is 16.3. The Labute approximate surface area is 103 Å². The van der Waals surface area contributed by atoms with Crippen LogP contribution in [0.15, 0.2) is 53.6 Å². The molecule has 0 radical (unpaired) electrons. The van der Waals surface area contributed by atoms with Gasteiger partial charge in [-0.3, -0.25) is 4.79 Å². The Morgan fingerprint density at radius 1 is 1.22 bits per heavy atom. The van der Waals surface area contributed by atoms with Crippen LogP contribution < -0.4 is 5.43 Å². The molecule has 0 saturated carbocycles. The zero-order valence-corrected chi connectivity index (χ0v) is 9.63. The molecule has 0 aliphatic carbocycles. The Morgan fingerprint density at radius 2 is 2.11 bits per heavy atom. The number of aromatic nitrogens is 2. The van der Waals surface area contributed by atoms with Crippen molar-refractivity contribution in [3.8, 4) is 5.75 Å². The van der Waals surface area contributed by atoms with Gasteiger partial charge in [-0.1, -0.05) is 12.1 Å². The number of fused-ring (bicyclic) bond motifs is 1. The second-order valence-corrected chi connectivity index (χ2v) is 4.28. The van der Waals surface area contributed by atoms with E-state index in [9.17, 15) is 9.90 Å². The van der Waals surface area contributed by atoms with Crippen LogP contribution in [0, 0.1) is 0 Å². The maximum Gasteiger partial charge on any atom is 0.183 e. The third kappa shape index (κ3) is 2.00. The second-order valence-electron chi connectivity index (χ2n) is 4.28. The fraction of sp³-hybridized carbons (Fsp3) is 0.0714. The predicted molar refractivity (Wildman–Crippen MR) is 68.9 cm³/mol. The molecule has 2 aromatic heterocycles. The van der Waals surface area contributed by atoms with Gasteiger partial charge < -0.3 is 14.5 Å². The number of benzene rings is 1. The average Bonchev–Trinajstić information content (AvgIpc) is 2.70. The van der Waals surface area contributed by atoms with Crippen LogP contribution in [-0.2, 0) is 6.42 Å². The zero-order valence-electron chi connectivity index (χ0n) is 9.63. The van der Waals surface area contributed by atoms with E-state index in [0.29, 0.717) is 6.42 Å². The molecule has 0 bridgehead atoms. The SMILES string of the molecule is O=c1ccn2cc(Cc3cccc(O)c3)[nH]c2c1. The van der Waals surface area contributed by atoms with Crippen molar-refractivity contribution in [3.63, 3.8) is 0 Å². The standard InChI is InChI=1S/C14H12N2O2/c17-12-3-1-2-10(7-12)6-11-9-16-5-4-13(18)8-14(16)15-11/h1-5,7-9,15,17H,6H2. The quantitative estimate of drug-likeness (QED) is 0.719. The van der Waals surface area contributed by atoms with E-state index in [2.05, 4.69) is 4.98 Å². The average molecular weight is 240 g/mol. The molecule has 0 spiro atoms. The number of aromatic amines is 1. The first-order chi connectivity index (χ1) is 8.70. The zero-order chi connectivity index (χ0) is 12.5. The third-order valence-corrected chi connectivity index (χ3v) is 2.85. The number of pyridine rings is 1. The minimum absolute atomic E-state index is 0.0132. The molecular weight excluding hydrogens is 228 g/mol. The molecule has 18 heavy (non-hydrogen) atoms. The summed E-state index contributed by atoms with van der Waals surface area (Å²) in [7, 11) is 0. The summed E-state index contributed by atoms with van der Waals surface area (Å²) in [5.74, 6) is 0.262. The molecule has 3 aromatic rings. The number of phenols is 1. The third-order valence-electron chi connectivity index (χ3n) is 2.85. The normalized spacial score (nSPS) is 10.9. The Morgan fingerprint density at radius 3 is 2.94 bits per heavy atom. The molecule has 0 aliphatic heterocycles. The Bertz CT molecular complexity index is 756. The molecule has 0 aliphatic rings. The molecule has 2 N–H and O–H groups in total. The highest BCUT2D eigenvalue weighted by Gasteiger charge is 2.02. The summed E-state index contributed by atoms with van der Waals surface area (Å²) in [6, 6.07) is 10.2. The van der Waals surface area contributed by atoms with Gasteiger partial charge in [0.2, 0.25) is 0 Å². The maximum absolute atomic E-state index is 11.2. The lowest BCUT2D eigenvalue weighted by Crippen LogP contribution is -1.97. The lowest BCUT2D eigenvalue weighted by atomic mass is 10.1. The number of rotatable bonds is 2. The number of nitrogens with zero attached hydrogens (tertiary/aromatic N) is 1. The van der Waals surface area contributed by atoms with Crippen molar-refractivity contribution in [2.45, 2.75) is 6.42 Å². The number of hydrogen-bond donors (Lipinski definition) is 2. The first-order valence-corrected chi connectivity index (χ1v) is 5.68. The van der Waals surface area contributed by atoms with Crippen LogP contribution in [0.3, 0.4) is 0 Å². The van der Waals surface area contributed by atoms with Crippen molar-refractivity contribution in [1.29, 1.82) is 0 Å². The minimum atomic E-state index is -0.0132. The summed E-state index contributed by atoms with van der Waals surface area (Å²) in [6.07, 6.45) is 4.36. The number of aromatic hydroxyl groups is 1. The van der Waals surface area contributed by atoms with Crippen molar-refractivity contribution < 1.29 is 5.11 Å². The molecule has 2 heterocycles. The van der Waals surface area contributed by atoms with E-state index in [1.165, 1.54) is 6.07 Å². The topological polar surface area (TPSA) is 57.5 Å². The molecule has 0 saturated heterocycles. The van der Waals surface area contributed by atoms with Gasteiger partial charge in [-0.05, 0) is 17.7 Å². The number of phenolic OH excluding ortho intramolecular Hbond substituents is 1. The molecule has 0 amide bonds. The van der Waals surface area contributed by atoms with E-state index in [1.54, 1.807) is 24.4 Å². The van der Waals surface area contributed by atoms with E-state index >= 15 is 0 Å². The second kappa shape index (κ2) is 4.07. The summed E-state index contributed by atoms with van der Waals surface area (Å²) in [6.45, 7) is 0. The van der Waals surface area contributed by atoms with Crippen LogP contribution in [-0.4, -0.2) is 14.5 Å². The van der Waals surface area contributed by atoms with E-state index in [-0.39, 0.29) is 11.2 Å². The van der Waals surface area contributed by atoms with Crippen LogP contribution in [0.5, 0.6) is 5.75 Å². The lowest BCUT2D eigenvalue weighted by Gasteiger charge is -1.99. The van der Waals surface area contributed by atoms with Gasteiger partial charge in [0.25, 0.3) is 0 Å². The first-order valence-electron chi connectivity index (χ1n) is 5.68. The smallest absolute Gasteiger partial charge is 0.183 e. The van der Waals surface area contributed by atoms with Gasteiger partial charge in [-0.25, -0.2) is 0 Å². The van der Waals surface area contributed by atoms with E-state index < -0.39 is 0 Å². The Kier molecular flexibility index (Phi) is 2.41. The number of imidazole rings is 1. The van der Waals surface area contributed by atoms with Crippen molar-refractivity contribution in [3.05, 3.63) is 70.3 Å². The molecule has 1 aromatic carbocycles. The highest BCUT2D eigenvalue weighted by Crippen LogP contribution is 2.14. The molecule has 0 unspecified atom stereocenters. The van der Waals surface area contributed by atoms with Gasteiger partial charge in [0.05, 0.1) is 0 Å². The summed E-state index contributed by atoms with van der Waals surface area (Å²) in [5.41, 5.74) is 2.77. The predicted octanol–water partition coefficient (Wildman–Crippen LogP) is 1.92. The van der Waals surface area contributed by atoms with Crippen molar-refractivity contribution in [1.82, 2.24) is 9.38 Å². The van der Waals surface area contributed by atoms with Gasteiger partial charge in [-0.2, -0.15) is 0 Å². The largest absolute Gasteiger partial charge is 0.508 e. The number of hydrogen-bond acceptors (Lipinski definition) is 2. The summed E-state index contributed by atoms with van der Waals surface area (Å²) < 4.78 is 1.87.